The number of benzene rings is 6. The zero-order valence-electron chi connectivity index (χ0n) is 56.0. The Kier molecular flexibility index (Phi) is 78.5. The summed E-state index contributed by atoms with van der Waals surface area (Å²) in [4.78, 5) is 1.57. The van der Waals surface area contributed by atoms with Gasteiger partial charge in [-0.3, -0.25) is 0 Å². The average Bonchev–Trinajstić information content (AvgIpc) is 3.39. The minimum atomic E-state index is -0.651. The van der Waals surface area contributed by atoms with E-state index in [1.165, 1.54) is 0 Å². The van der Waals surface area contributed by atoms with Crippen LogP contribution >= 0.6 is 0 Å². The van der Waals surface area contributed by atoms with E-state index in [1.54, 1.807) is 71.2 Å². The fraction of sp³-hybridized carbons (Fsp3) is 0.429. The molecular formula is C63H108As12Cl4NO3Ru2. The number of hydrogen-bond donors (Lipinski definition) is 0. The summed E-state index contributed by atoms with van der Waals surface area (Å²) >= 11 is -7.81. The first-order valence-corrected chi connectivity index (χ1v) is 82.2. The Morgan fingerprint density at radius 3 is 0.329 bits per heavy atom. The third kappa shape index (κ3) is 45.4. The second kappa shape index (κ2) is 61.8. The van der Waals surface area contributed by atoms with Gasteiger partial charge >= 0.3 is 550 Å². The average molecular weight is 2170 g/mol. The van der Waals surface area contributed by atoms with Crippen molar-refractivity contribution in [2.24, 2.45) is 0 Å². The summed E-state index contributed by atoms with van der Waals surface area (Å²) < 4.78 is 20.4. The monoisotopic (exact) mass is 2170 g/mol. The molecule has 0 atom stereocenters. The van der Waals surface area contributed by atoms with Crippen LogP contribution in [0.25, 0.3) is 0 Å². The fourth-order valence-electron chi connectivity index (χ4n) is 7.32. The Bertz CT molecular complexity index is 1920. The predicted octanol–water partition coefficient (Wildman–Crippen LogP) is -5.12. The van der Waals surface area contributed by atoms with Gasteiger partial charge in [0.1, 0.15) is 0 Å². The van der Waals surface area contributed by atoms with Crippen LogP contribution in [0.5, 0.6) is 0 Å². The summed E-state index contributed by atoms with van der Waals surface area (Å²) in [6.45, 7) is -0.111. The first kappa shape index (κ1) is 108. The smallest absolute Gasteiger partial charge is 1.00 e. The summed E-state index contributed by atoms with van der Waals surface area (Å²) in [5.41, 5.74) is 58.1. The first-order chi connectivity index (χ1) is 36.0. The molecule has 0 heterocycles. The number of rotatable bonds is 13. The standard InChI is InChI=1S/6C10H16As2.C3H8NO.4ClH.2H2O.2Ru/c6*1-11(2)9-7-5-6-8-10(9)12(3)4;1-4(2)3-5;;;;;;;;/h6*5-8H,1-4H3;3H2,1-2H3;4*1H;2*1H2;;/q;;;;;;-1;;;;;;;+2;+3/p-4. The van der Waals surface area contributed by atoms with Crippen molar-refractivity contribution in [1.82, 2.24) is 4.90 Å². The molecule has 6 aromatic rings. The first-order valence-electron chi connectivity index (χ1n) is 25.9. The Hall–Kier alpha value is 4.27. The Morgan fingerprint density at radius 1 is 0.235 bits per heavy atom. The van der Waals surface area contributed by atoms with Crippen molar-refractivity contribution in [1.29, 1.82) is 0 Å². The van der Waals surface area contributed by atoms with Gasteiger partial charge in [-0.15, -0.1) is 0 Å². The van der Waals surface area contributed by atoms with Crippen LogP contribution in [0.1, 0.15) is 0 Å². The zero-order valence-corrected chi connectivity index (χ0v) is 85.0. The Labute approximate surface area is 631 Å². The number of nitrogens with zero attached hydrogens (tertiary/aromatic N) is 1. The van der Waals surface area contributed by atoms with E-state index in [4.69, 9.17) is 0 Å². The Morgan fingerprint density at radius 2 is 0.294 bits per heavy atom. The molecule has 0 saturated heterocycles. The van der Waals surface area contributed by atoms with Gasteiger partial charge in [-0.2, -0.15) is 0 Å². The molecule has 0 unspecified atom stereocenters. The van der Waals surface area contributed by atoms with Gasteiger partial charge in [0, 0.05) is 0 Å². The minimum Gasteiger partial charge on any atom is -1.00 e. The molecule has 4 nitrogen and oxygen atoms in total. The van der Waals surface area contributed by atoms with Gasteiger partial charge in [0.2, 0.25) is 0 Å². The molecule has 0 aromatic heterocycles. The maximum Gasteiger partial charge on any atom is 3.00 e. The van der Waals surface area contributed by atoms with E-state index < -0.39 is 176 Å². The van der Waals surface area contributed by atoms with Crippen molar-refractivity contribution in [3.05, 3.63) is 146 Å². The SMILES string of the molecule is CN(C)C[O-].C[As](C)c1ccccc1[As](C)C.C[As](C)c1ccccc1[As](C)C.C[As](C)c1ccccc1[As](C)C.C[As](C)c1ccccc1[As](C)C.C[As](C)c1ccccc1[As](C)C.C[As](C)c1ccccc1[As](C)C.O.O.[Cl-].[Cl-].[Cl-].[Cl-].[Ru+2].[Ru+3]. The molecule has 6 rings (SSSR count). The van der Waals surface area contributed by atoms with Gasteiger partial charge in [-0.25, -0.2) is 0 Å². The molecule has 0 saturated carbocycles. The maximum atomic E-state index is 9.56. The van der Waals surface area contributed by atoms with E-state index in [0.717, 1.165) is 0 Å². The molecule has 22 heteroatoms. The molecule has 0 aliphatic heterocycles. The second-order valence-electron chi connectivity index (χ2n) is 20.9. The summed E-state index contributed by atoms with van der Waals surface area (Å²) in [6.07, 6.45) is 0. The molecule has 85 heavy (non-hydrogen) atoms. The van der Waals surface area contributed by atoms with Gasteiger partial charge < -0.3 is 70.6 Å². The van der Waals surface area contributed by atoms with E-state index in [2.05, 4.69) is 283 Å². The minimum absolute atomic E-state index is 0. The van der Waals surface area contributed by atoms with E-state index in [1.807, 2.05) is 0 Å². The third-order valence-electron chi connectivity index (χ3n) is 11.3. The molecule has 0 bridgehead atoms. The summed E-state index contributed by atoms with van der Waals surface area (Å²) in [7, 11) is 3.49. The normalized spacial score (nSPS) is 10.0. The second-order valence-corrected chi connectivity index (χ2v) is 78.0. The van der Waals surface area contributed by atoms with Crippen LogP contribution in [0.15, 0.2) is 146 Å². The molecule has 487 valence electrons. The van der Waals surface area contributed by atoms with E-state index in [0.29, 0.717) is 0 Å². The zero-order chi connectivity index (χ0) is 59.1. The van der Waals surface area contributed by atoms with Crippen molar-refractivity contribution >= 4 is 228 Å². The van der Waals surface area contributed by atoms with E-state index in [9.17, 15) is 5.11 Å². The molecule has 0 aliphatic carbocycles. The molecule has 0 aliphatic rings. The molecular weight excluding hydrogens is 2060 g/mol. The van der Waals surface area contributed by atoms with Crippen LogP contribution in [-0.2, 0) is 39.0 Å². The largest absolute Gasteiger partial charge is 3.00 e. The molecule has 1 radical (unpaired) electrons. The van der Waals surface area contributed by atoms with Crippen LogP contribution in [-0.4, -0.2) is 212 Å². The van der Waals surface area contributed by atoms with Crippen molar-refractivity contribution < 1.29 is 105 Å². The van der Waals surface area contributed by atoms with Crippen molar-refractivity contribution in [3.8, 4) is 0 Å². The Balaban J connectivity index is -0.000000113. The maximum absolute atomic E-state index is 9.56. The van der Waals surface area contributed by atoms with Gasteiger partial charge in [-0.1, -0.05) is 6.73 Å². The van der Waals surface area contributed by atoms with Gasteiger partial charge in [0.15, 0.2) is 0 Å². The molecule has 0 fully saturated rings. The van der Waals surface area contributed by atoms with Crippen molar-refractivity contribution in [2.45, 2.75) is 137 Å². The topological polar surface area (TPSA) is 89.3 Å². The summed E-state index contributed by atoms with van der Waals surface area (Å²) in [5, 5.41) is 9.56. The van der Waals surface area contributed by atoms with Crippen LogP contribution in [0.3, 0.4) is 0 Å². The van der Waals surface area contributed by atoms with Crippen LogP contribution in [0, 0.1) is 0 Å². The van der Waals surface area contributed by atoms with Crippen molar-refractivity contribution in [2.75, 3.05) is 20.8 Å². The van der Waals surface area contributed by atoms with Gasteiger partial charge in [0.25, 0.3) is 0 Å². The molecule has 4 N–H and O–H groups in total. The molecule has 0 spiro atoms. The third-order valence-corrected chi connectivity index (χ3v) is 50.4. The number of hydrogen-bond acceptors (Lipinski definition) is 2. The summed E-state index contributed by atoms with van der Waals surface area (Å²) in [5.74, 6) is 0. The van der Waals surface area contributed by atoms with Gasteiger partial charge in [-0.05, 0) is 14.1 Å². The van der Waals surface area contributed by atoms with Crippen LogP contribution < -0.4 is 107 Å². The summed E-state index contributed by atoms with van der Waals surface area (Å²) in [6, 6.07) is 54.3. The molecule has 6 aromatic carbocycles. The number of halogens is 4. The van der Waals surface area contributed by atoms with E-state index >= 15 is 0 Å². The van der Waals surface area contributed by atoms with Crippen LogP contribution in [0.2, 0.25) is 137 Å². The quantitative estimate of drug-likeness (QED) is 0.0858. The van der Waals surface area contributed by atoms with Crippen LogP contribution in [0.4, 0.5) is 0 Å². The van der Waals surface area contributed by atoms with Gasteiger partial charge in [0.05, 0.1) is 0 Å². The van der Waals surface area contributed by atoms with E-state index in [-0.39, 0.29) is 106 Å². The molecule has 0 amide bonds. The van der Waals surface area contributed by atoms with Crippen molar-refractivity contribution in [3.63, 3.8) is 0 Å². The fourth-order valence-corrected chi connectivity index (χ4v) is 56.6. The predicted molar refractivity (Wildman–Crippen MR) is 390 cm³/mol.